The van der Waals surface area contributed by atoms with Crippen LogP contribution >= 0.6 is 23.1 Å². The molecule has 4 rings (SSSR count). The van der Waals surface area contributed by atoms with Gasteiger partial charge in [0.05, 0.1) is 12.1 Å². The average Bonchev–Trinajstić information content (AvgIpc) is 3.23. The quantitative estimate of drug-likeness (QED) is 0.417. The Labute approximate surface area is 183 Å². The number of likely N-dealkylation sites (tertiary alicyclic amines) is 1. The average molecular weight is 444 g/mol. The lowest BCUT2D eigenvalue weighted by molar-refractivity contribution is 0.0915. The third-order valence-electron chi connectivity index (χ3n) is 5.32. The highest BCUT2D eigenvalue weighted by Gasteiger charge is 2.27. The second-order valence-electron chi connectivity index (χ2n) is 7.40. The van der Waals surface area contributed by atoms with Crippen molar-refractivity contribution in [2.24, 2.45) is 0 Å². The first-order chi connectivity index (χ1) is 14.6. The number of hydrogen-bond acceptors (Lipinski definition) is 6. The molecule has 0 saturated carbocycles. The number of benzene rings is 1. The summed E-state index contributed by atoms with van der Waals surface area (Å²) < 4.78 is 7.67. The normalized spacial score (nSPS) is 14.9. The van der Waals surface area contributed by atoms with Crippen LogP contribution in [0.1, 0.15) is 36.9 Å². The van der Waals surface area contributed by atoms with Crippen LogP contribution in [0.2, 0.25) is 0 Å². The summed E-state index contributed by atoms with van der Waals surface area (Å²) in [5.41, 5.74) is 3.22. The molecule has 0 atom stereocenters. The van der Waals surface area contributed by atoms with Crippen LogP contribution in [0.15, 0.2) is 45.7 Å². The lowest BCUT2D eigenvalue weighted by Crippen LogP contribution is -2.41. The van der Waals surface area contributed by atoms with Gasteiger partial charge in [-0.3, -0.25) is 9.36 Å². The molecule has 1 aliphatic heterocycles. The van der Waals surface area contributed by atoms with Gasteiger partial charge in [-0.1, -0.05) is 41.6 Å². The van der Waals surface area contributed by atoms with Crippen LogP contribution in [0, 0.1) is 6.92 Å². The van der Waals surface area contributed by atoms with Crippen LogP contribution < -0.4 is 5.56 Å². The van der Waals surface area contributed by atoms with Gasteiger partial charge in [-0.25, -0.2) is 9.78 Å². The van der Waals surface area contributed by atoms with Crippen molar-refractivity contribution >= 4 is 39.4 Å². The van der Waals surface area contributed by atoms with Gasteiger partial charge >= 0.3 is 6.09 Å². The van der Waals surface area contributed by atoms with Crippen LogP contribution in [0.5, 0.6) is 0 Å². The van der Waals surface area contributed by atoms with Crippen molar-refractivity contribution < 1.29 is 9.53 Å². The number of nitrogens with zero attached hydrogens (tertiary/aromatic N) is 3. The number of aromatic nitrogens is 2. The Morgan fingerprint density at radius 3 is 2.67 bits per heavy atom. The molecule has 30 heavy (non-hydrogen) atoms. The van der Waals surface area contributed by atoms with Crippen LogP contribution in [-0.2, 0) is 10.5 Å². The van der Waals surface area contributed by atoms with E-state index in [1.165, 1.54) is 22.5 Å². The topological polar surface area (TPSA) is 64.4 Å². The fraction of sp³-hybridized carbons (Fsp3) is 0.409. The molecule has 0 spiro atoms. The second-order valence-corrected chi connectivity index (χ2v) is 9.25. The number of rotatable bonds is 5. The van der Waals surface area contributed by atoms with Gasteiger partial charge in [0.25, 0.3) is 5.56 Å². The number of hydrogen-bond donors (Lipinski definition) is 0. The van der Waals surface area contributed by atoms with Crippen molar-refractivity contribution in [3.05, 3.63) is 57.2 Å². The number of fused-ring (bicyclic) bond motifs is 1. The van der Waals surface area contributed by atoms with Gasteiger partial charge in [-0.2, -0.15) is 0 Å². The van der Waals surface area contributed by atoms with Gasteiger partial charge in [0.2, 0.25) is 0 Å². The van der Waals surface area contributed by atoms with Crippen molar-refractivity contribution in [3.8, 4) is 0 Å². The molecule has 0 radical (unpaired) electrons. The molecule has 3 aromatic rings. The van der Waals surface area contributed by atoms with Gasteiger partial charge < -0.3 is 9.64 Å². The summed E-state index contributed by atoms with van der Waals surface area (Å²) in [6.07, 6.45) is 1.16. The zero-order chi connectivity index (χ0) is 21.1. The minimum Gasteiger partial charge on any atom is -0.450 e. The van der Waals surface area contributed by atoms with Crippen LogP contribution in [-0.4, -0.2) is 40.2 Å². The highest BCUT2D eigenvalue weighted by atomic mass is 32.2. The Morgan fingerprint density at radius 1 is 1.23 bits per heavy atom. The number of amides is 1. The fourth-order valence-electron chi connectivity index (χ4n) is 3.68. The lowest BCUT2D eigenvalue weighted by atomic mass is 10.1. The Kier molecular flexibility index (Phi) is 6.43. The first-order valence-electron chi connectivity index (χ1n) is 10.2. The Morgan fingerprint density at radius 2 is 1.97 bits per heavy atom. The van der Waals surface area contributed by atoms with Gasteiger partial charge in [-0.15, -0.1) is 11.3 Å². The molecule has 0 aliphatic carbocycles. The summed E-state index contributed by atoms with van der Waals surface area (Å²) in [6, 6.07) is 10.4. The van der Waals surface area contributed by atoms with Crippen molar-refractivity contribution in [3.63, 3.8) is 0 Å². The summed E-state index contributed by atoms with van der Waals surface area (Å²) in [5, 5.41) is 2.67. The van der Waals surface area contributed by atoms with E-state index in [4.69, 9.17) is 9.72 Å². The van der Waals surface area contributed by atoms with Gasteiger partial charge in [0.1, 0.15) is 4.70 Å². The molecule has 1 amide bonds. The zero-order valence-electron chi connectivity index (χ0n) is 17.2. The number of carbonyl (C=O) groups excluding carboxylic acids is 1. The van der Waals surface area contributed by atoms with E-state index in [9.17, 15) is 9.59 Å². The SMILES string of the molecule is CCOC(=O)N1CCC(n2c(SCc3ccc(C)cc3)nc3ccsc3c2=O)CC1. The summed E-state index contributed by atoms with van der Waals surface area (Å²) in [7, 11) is 0. The Bertz CT molecular complexity index is 1080. The van der Waals surface area contributed by atoms with Crippen molar-refractivity contribution in [1.82, 2.24) is 14.5 Å². The van der Waals surface area contributed by atoms with Gasteiger partial charge in [0.15, 0.2) is 5.16 Å². The predicted octanol–water partition coefficient (Wildman–Crippen LogP) is 4.85. The molecule has 8 heteroatoms. The minimum absolute atomic E-state index is 0.0241. The van der Waals surface area contributed by atoms with Gasteiger partial charge in [-0.05, 0) is 43.7 Å². The summed E-state index contributed by atoms with van der Waals surface area (Å²) in [5.74, 6) is 0.754. The molecule has 1 fully saturated rings. The molecule has 2 aromatic heterocycles. The molecule has 0 unspecified atom stereocenters. The van der Waals surface area contributed by atoms with Crippen molar-refractivity contribution in [2.75, 3.05) is 19.7 Å². The highest BCUT2D eigenvalue weighted by molar-refractivity contribution is 7.98. The Balaban J connectivity index is 1.59. The summed E-state index contributed by atoms with van der Waals surface area (Å²) in [6.45, 7) is 5.42. The summed E-state index contributed by atoms with van der Waals surface area (Å²) in [4.78, 5) is 31.9. The molecular formula is C22H25N3O3S2. The minimum atomic E-state index is -0.274. The fourth-order valence-corrected chi connectivity index (χ4v) is 5.47. The van der Waals surface area contributed by atoms with E-state index >= 15 is 0 Å². The van der Waals surface area contributed by atoms with E-state index in [1.54, 1.807) is 16.7 Å². The zero-order valence-corrected chi connectivity index (χ0v) is 18.8. The van der Waals surface area contributed by atoms with Crippen LogP contribution in [0.3, 0.4) is 0 Å². The van der Waals surface area contributed by atoms with Crippen LogP contribution in [0.4, 0.5) is 4.79 Å². The van der Waals surface area contributed by atoms with E-state index in [0.717, 1.165) is 29.3 Å². The monoisotopic (exact) mass is 443 g/mol. The molecular weight excluding hydrogens is 418 g/mol. The number of piperidine rings is 1. The van der Waals surface area contributed by atoms with Crippen molar-refractivity contribution in [2.45, 2.75) is 43.6 Å². The molecule has 0 bridgehead atoms. The van der Waals surface area contributed by atoms with E-state index in [0.29, 0.717) is 24.4 Å². The molecule has 0 N–H and O–H groups in total. The number of ether oxygens (including phenoxy) is 1. The molecule has 1 aliphatic rings. The highest BCUT2D eigenvalue weighted by Crippen LogP contribution is 2.30. The smallest absolute Gasteiger partial charge is 0.409 e. The number of thioether (sulfide) groups is 1. The third kappa shape index (κ3) is 4.39. The first kappa shape index (κ1) is 20.9. The maximum atomic E-state index is 13.3. The third-order valence-corrected chi connectivity index (χ3v) is 7.24. The molecule has 158 valence electrons. The van der Waals surface area contributed by atoms with E-state index in [2.05, 4.69) is 31.2 Å². The van der Waals surface area contributed by atoms with Gasteiger partial charge in [0, 0.05) is 24.9 Å². The number of aryl methyl sites for hydroxylation is 1. The van der Waals surface area contributed by atoms with E-state index in [-0.39, 0.29) is 17.7 Å². The standard InChI is InChI=1S/C22H25N3O3S2/c1-3-28-22(27)24-11-8-17(9-12-24)25-20(26)19-18(10-13-29-19)23-21(25)30-14-16-6-4-15(2)5-7-16/h4-7,10,13,17H,3,8-9,11-12,14H2,1-2H3. The molecule has 1 saturated heterocycles. The second kappa shape index (κ2) is 9.22. The molecule has 6 nitrogen and oxygen atoms in total. The van der Waals surface area contributed by atoms with E-state index < -0.39 is 0 Å². The number of thiophene rings is 1. The van der Waals surface area contributed by atoms with Crippen molar-refractivity contribution in [1.29, 1.82) is 0 Å². The molecule has 1 aromatic carbocycles. The van der Waals surface area contributed by atoms with Crippen LogP contribution in [0.25, 0.3) is 10.2 Å². The first-order valence-corrected chi connectivity index (χ1v) is 12.0. The van der Waals surface area contributed by atoms with E-state index in [1.807, 2.05) is 22.9 Å². The maximum absolute atomic E-state index is 13.3. The summed E-state index contributed by atoms with van der Waals surface area (Å²) >= 11 is 3.04. The lowest BCUT2D eigenvalue weighted by Gasteiger charge is -2.32. The maximum Gasteiger partial charge on any atom is 0.409 e. The number of carbonyl (C=O) groups is 1. The molecule has 3 heterocycles. The largest absolute Gasteiger partial charge is 0.450 e. The predicted molar refractivity (Wildman–Crippen MR) is 121 cm³/mol. The Hall–Kier alpha value is -2.32.